The van der Waals surface area contributed by atoms with Gasteiger partial charge in [-0.1, -0.05) is 88.1 Å². The molecule has 1 fully saturated rings. The Bertz CT molecular complexity index is 329. The van der Waals surface area contributed by atoms with Gasteiger partial charge in [-0.2, -0.15) is 0 Å². The molecule has 1 saturated carbocycles. The lowest BCUT2D eigenvalue weighted by molar-refractivity contribution is 0.358. The lowest BCUT2D eigenvalue weighted by atomic mass is 9.63. The third-order valence-electron chi connectivity index (χ3n) is 6.20. The normalized spacial score (nSPS) is 36.0. The summed E-state index contributed by atoms with van der Waals surface area (Å²) in [6, 6.07) is 0. The first kappa shape index (κ1) is 18.1. The average molecular weight is 302 g/mol. The maximum atomic E-state index is 2.63. The molecule has 2 atom stereocenters. The van der Waals surface area contributed by atoms with E-state index in [4.69, 9.17) is 0 Å². The third-order valence-corrected chi connectivity index (χ3v) is 6.20. The molecule has 22 heavy (non-hydrogen) atoms. The second-order valence-electron chi connectivity index (χ2n) is 8.88. The molecule has 0 aromatic carbocycles. The second kappa shape index (κ2) is 9.84. The van der Waals surface area contributed by atoms with Crippen LogP contribution in [0.1, 0.15) is 110 Å². The first-order valence-corrected chi connectivity index (χ1v) is 10.3. The lowest BCUT2D eigenvalue weighted by Crippen LogP contribution is -2.11. The van der Waals surface area contributed by atoms with E-state index in [0.717, 1.165) is 5.92 Å². The molecule has 0 amide bonds. The molecule has 2 aliphatic carbocycles. The highest BCUT2D eigenvalue weighted by Crippen LogP contribution is 2.38. The molecule has 2 aliphatic rings. The molecule has 0 aliphatic heterocycles. The zero-order chi connectivity index (χ0) is 15.7. The summed E-state index contributed by atoms with van der Waals surface area (Å²) in [5.74, 6) is 1.01. The van der Waals surface area contributed by atoms with E-state index in [1.807, 2.05) is 0 Å². The van der Waals surface area contributed by atoms with E-state index in [-0.39, 0.29) is 0 Å². The van der Waals surface area contributed by atoms with Gasteiger partial charge >= 0.3 is 0 Å². The van der Waals surface area contributed by atoms with Crippen LogP contribution in [0, 0.1) is 5.92 Å². The maximum absolute atomic E-state index is 2.63. The van der Waals surface area contributed by atoms with E-state index in [9.17, 15) is 0 Å². The summed E-state index contributed by atoms with van der Waals surface area (Å²) in [6.45, 7) is 2.52. The fraction of sp³-hybridized carbons (Fsp3) is 0.905. The molecule has 0 radical (unpaired) electrons. The van der Waals surface area contributed by atoms with Crippen LogP contribution in [0.25, 0.3) is 0 Å². The summed E-state index contributed by atoms with van der Waals surface area (Å²) in [5.41, 5.74) is 1.81. The van der Waals surface area contributed by atoms with Crippen LogP contribution in [0.3, 0.4) is 0 Å². The van der Waals surface area contributed by atoms with E-state index >= 15 is 0 Å². The van der Waals surface area contributed by atoms with Gasteiger partial charge in [-0.05, 0) is 44.4 Å². The molecule has 1 heteroatoms. The van der Waals surface area contributed by atoms with E-state index in [1.54, 1.807) is 5.57 Å². The SMILES string of the molecule is BC1(C)CCCCCCC/C=C2/CCCCCC(CC2)CC1. The van der Waals surface area contributed by atoms with Crippen LogP contribution in [-0.2, 0) is 0 Å². The van der Waals surface area contributed by atoms with Crippen molar-refractivity contribution in [2.75, 3.05) is 0 Å². The number of hydrogen-bond acceptors (Lipinski definition) is 0. The van der Waals surface area contributed by atoms with Crippen molar-refractivity contribution in [3.8, 4) is 0 Å². The van der Waals surface area contributed by atoms with E-state index < -0.39 is 0 Å². The molecular formula is C21H39B. The topological polar surface area (TPSA) is 0 Å². The smallest absolute Gasteiger partial charge is 0.0853 e. The van der Waals surface area contributed by atoms with Gasteiger partial charge in [0.25, 0.3) is 0 Å². The number of rotatable bonds is 0. The largest absolute Gasteiger partial charge is 0.109 e. The van der Waals surface area contributed by atoms with Crippen LogP contribution in [0.2, 0.25) is 5.31 Å². The number of fused-ring (bicyclic) bond motifs is 3. The first-order chi connectivity index (χ1) is 10.7. The highest BCUT2D eigenvalue weighted by Gasteiger charge is 2.20. The van der Waals surface area contributed by atoms with Crippen molar-refractivity contribution in [2.45, 2.75) is 115 Å². The van der Waals surface area contributed by atoms with E-state index in [2.05, 4.69) is 20.8 Å². The van der Waals surface area contributed by atoms with Gasteiger partial charge in [0.05, 0.1) is 0 Å². The molecule has 0 heterocycles. The molecule has 0 spiro atoms. The van der Waals surface area contributed by atoms with Gasteiger partial charge in [0.2, 0.25) is 0 Å². The predicted molar refractivity (Wildman–Crippen MR) is 102 cm³/mol. The molecule has 2 bridgehead atoms. The van der Waals surface area contributed by atoms with E-state index in [1.165, 1.54) is 103 Å². The Kier molecular flexibility index (Phi) is 8.11. The molecule has 0 aromatic heterocycles. The van der Waals surface area contributed by atoms with Crippen LogP contribution in [0.15, 0.2) is 11.6 Å². The lowest BCUT2D eigenvalue weighted by Gasteiger charge is -2.27. The molecule has 0 N–H and O–H groups in total. The van der Waals surface area contributed by atoms with Gasteiger partial charge in [0.1, 0.15) is 7.85 Å². The van der Waals surface area contributed by atoms with Crippen LogP contribution in [0.4, 0.5) is 0 Å². The highest BCUT2D eigenvalue weighted by atomic mass is 14.2. The van der Waals surface area contributed by atoms with Gasteiger partial charge < -0.3 is 0 Å². The fourth-order valence-corrected chi connectivity index (χ4v) is 4.42. The van der Waals surface area contributed by atoms with Gasteiger partial charge in [-0.25, -0.2) is 0 Å². The van der Waals surface area contributed by atoms with Crippen LogP contribution < -0.4 is 0 Å². The van der Waals surface area contributed by atoms with Crippen LogP contribution in [-0.4, -0.2) is 7.85 Å². The van der Waals surface area contributed by atoms with Crippen molar-refractivity contribution in [1.29, 1.82) is 0 Å². The Morgan fingerprint density at radius 2 is 1.59 bits per heavy atom. The standard InChI is InChI=1S/C21H39B/c1-21(22)17-10-5-3-2-4-7-11-19-12-8-6-9-13-20(15-14-19)16-18-21/h11,20H,2-10,12-18,22H2,1H3/b19-11-. The summed E-state index contributed by atoms with van der Waals surface area (Å²) in [5, 5.41) is 0.581. The molecule has 126 valence electrons. The fourth-order valence-electron chi connectivity index (χ4n) is 4.42. The summed E-state index contributed by atoms with van der Waals surface area (Å²) >= 11 is 0. The predicted octanol–water partition coefficient (Wildman–Crippen LogP) is 6.61. The zero-order valence-electron chi connectivity index (χ0n) is 15.5. The number of allylic oxidation sites excluding steroid dienone is 2. The minimum Gasteiger partial charge on any atom is -0.0853 e. The Morgan fingerprint density at radius 3 is 2.50 bits per heavy atom. The first-order valence-electron chi connectivity index (χ1n) is 10.3. The van der Waals surface area contributed by atoms with Crippen molar-refractivity contribution < 1.29 is 0 Å². The minimum atomic E-state index is 0.581. The second-order valence-corrected chi connectivity index (χ2v) is 8.88. The van der Waals surface area contributed by atoms with Crippen molar-refractivity contribution >= 4 is 7.85 Å². The van der Waals surface area contributed by atoms with Crippen molar-refractivity contribution in [3.05, 3.63) is 11.6 Å². The average Bonchev–Trinajstić information content (AvgIpc) is 2.59. The monoisotopic (exact) mass is 302 g/mol. The van der Waals surface area contributed by atoms with Gasteiger partial charge in [-0.3, -0.25) is 0 Å². The molecule has 0 nitrogen and oxygen atoms in total. The molecule has 0 aromatic rings. The van der Waals surface area contributed by atoms with Gasteiger partial charge in [-0.15, -0.1) is 0 Å². The summed E-state index contributed by atoms with van der Waals surface area (Å²) in [6.07, 6.45) is 25.8. The summed E-state index contributed by atoms with van der Waals surface area (Å²) in [7, 11) is 2.52. The van der Waals surface area contributed by atoms with E-state index in [0.29, 0.717) is 5.31 Å². The Balaban J connectivity index is 1.97. The summed E-state index contributed by atoms with van der Waals surface area (Å²) in [4.78, 5) is 0. The molecule has 2 unspecified atom stereocenters. The molecule has 2 rings (SSSR count). The maximum Gasteiger partial charge on any atom is 0.109 e. The molecular weight excluding hydrogens is 263 g/mol. The Morgan fingerprint density at radius 1 is 0.818 bits per heavy atom. The summed E-state index contributed by atoms with van der Waals surface area (Å²) < 4.78 is 0. The Labute approximate surface area is 140 Å². The van der Waals surface area contributed by atoms with Crippen molar-refractivity contribution in [1.82, 2.24) is 0 Å². The van der Waals surface area contributed by atoms with Crippen molar-refractivity contribution in [2.24, 2.45) is 5.92 Å². The third kappa shape index (κ3) is 7.38. The minimum absolute atomic E-state index is 0.581. The Hall–Kier alpha value is -0.195. The highest BCUT2D eigenvalue weighted by molar-refractivity contribution is 6.14. The van der Waals surface area contributed by atoms with Crippen molar-refractivity contribution in [3.63, 3.8) is 0 Å². The molecule has 0 saturated heterocycles. The van der Waals surface area contributed by atoms with Gasteiger partial charge in [0, 0.05) is 0 Å². The number of hydrogen-bond donors (Lipinski definition) is 0. The van der Waals surface area contributed by atoms with Crippen LogP contribution >= 0.6 is 0 Å². The zero-order valence-corrected chi connectivity index (χ0v) is 15.5. The van der Waals surface area contributed by atoms with Crippen LogP contribution in [0.5, 0.6) is 0 Å². The quantitative estimate of drug-likeness (QED) is 0.349. The van der Waals surface area contributed by atoms with Gasteiger partial charge in [0.15, 0.2) is 0 Å².